The largest absolute Gasteiger partial charge is 0.490 e. The summed E-state index contributed by atoms with van der Waals surface area (Å²) in [5.41, 5.74) is 0.266. The van der Waals surface area contributed by atoms with Gasteiger partial charge in [-0.2, -0.15) is 5.26 Å². The van der Waals surface area contributed by atoms with Crippen molar-refractivity contribution in [3.8, 4) is 11.8 Å². The van der Waals surface area contributed by atoms with Gasteiger partial charge in [0.1, 0.15) is 5.82 Å². The smallest absolute Gasteiger partial charge is 0.165 e. The molecule has 1 fully saturated rings. The van der Waals surface area contributed by atoms with Gasteiger partial charge in [0.15, 0.2) is 11.6 Å². The standard InChI is InChI=1S/C21H18ClF2NO2/c22-13-3-1-12(2-4-13)9-21-8-7-18(26)14(10-25)15(21)11-27-20-17(24)6-5-16(23)19(20)21/h1-6,14-15,18,26H,7-9,11H2/t14-,15-,18+,21-/m0/s1. The number of benzene rings is 2. The number of fused-ring (bicyclic) bond motifs is 3. The molecule has 1 aliphatic carbocycles. The van der Waals surface area contributed by atoms with E-state index in [1.165, 1.54) is 0 Å². The molecule has 1 aliphatic heterocycles. The molecule has 1 N–H and O–H groups in total. The van der Waals surface area contributed by atoms with Crippen molar-refractivity contribution < 1.29 is 18.6 Å². The molecule has 0 amide bonds. The van der Waals surface area contributed by atoms with Gasteiger partial charge in [0.2, 0.25) is 0 Å². The van der Waals surface area contributed by atoms with Gasteiger partial charge < -0.3 is 9.84 Å². The van der Waals surface area contributed by atoms with E-state index in [-0.39, 0.29) is 17.9 Å². The minimum absolute atomic E-state index is 0.0657. The van der Waals surface area contributed by atoms with Gasteiger partial charge in [-0.1, -0.05) is 23.7 Å². The van der Waals surface area contributed by atoms with E-state index in [1.807, 2.05) is 12.1 Å². The second-order valence-electron chi connectivity index (χ2n) is 7.37. The number of hydrogen-bond donors (Lipinski definition) is 1. The molecular weight excluding hydrogens is 372 g/mol. The lowest BCUT2D eigenvalue weighted by molar-refractivity contribution is -0.0236. The Kier molecular flexibility index (Phi) is 4.57. The van der Waals surface area contributed by atoms with Gasteiger partial charge in [0, 0.05) is 21.9 Å². The molecule has 27 heavy (non-hydrogen) atoms. The van der Waals surface area contributed by atoms with Crippen LogP contribution < -0.4 is 4.74 Å². The van der Waals surface area contributed by atoms with Crippen LogP contribution in [0.3, 0.4) is 0 Å². The zero-order valence-electron chi connectivity index (χ0n) is 14.5. The maximum absolute atomic E-state index is 14.9. The molecule has 0 saturated heterocycles. The average Bonchev–Trinajstić information content (AvgIpc) is 2.66. The number of halogens is 3. The summed E-state index contributed by atoms with van der Waals surface area (Å²) >= 11 is 5.98. The van der Waals surface area contributed by atoms with Crippen LogP contribution in [0.4, 0.5) is 8.78 Å². The lowest BCUT2D eigenvalue weighted by Gasteiger charge is -2.51. The molecule has 4 atom stereocenters. The van der Waals surface area contributed by atoms with Gasteiger partial charge in [-0.25, -0.2) is 8.78 Å². The fourth-order valence-corrected chi connectivity index (χ4v) is 4.84. The number of hydrogen-bond acceptors (Lipinski definition) is 3. The highest BCUT2D eigenvalue weighted by molar-refractivity contribution is 6.30. The van der Waals surface area contributed by atoms with Gasteiger partial charge in [-0.15, -0.1) is 0 Å². The Bertz CT molecular complexity index is 912. The number of rotatable bonds is 2. The van der Waals surface area contributed by atoms with E-state index >= 15 is 0 Å². The third-order valence-corrected chi connectivity index (χ3v) is 6.24. The lowest BCUT2D eigenvalue weighted by Crippen LogP contribution is -2.54. The van der Waals surface area contributed by atoms with Gasteiger partial charge in [0.05, 0.1) is 24.7 Å². The molecule has 0 aromatic heterocycles. The van der Waals surface area contributed by atoms with Crippen molar-refractivity contribution >= 4 is 11.6 Å². The normalized spacial score (nSPS) is 29.2. The number of nitriles is 1. The third-order valence-electron chi connectivity index (χ3n) is 5.99. The molecule has 140 valence electrons. The molecule has 1 saturated carbocycles. The van der Waals surface area contributed by atoms with E-state index in [0.717, 1.165) is 17.7 Å². The number of nitrogens with zero attached hydrogens (tertiary/aromatic N) is 1. The highest BCUT2D eigenvalue weighted by Crippen LogP contribution is 2.55. The van der Waals surface area contributed by atoms with Crippen molar-refractivity contribution in [2.75, 3.05) is 6.61 Å². The first-order chi connectivity index (χ1) is 13.0. The van der Waals surface area contributed by atoms with E-state index in [0.29, 0.717) is 24.3 Å². The molecule has 2 aliphatic rings. The highest BCUT2D eigenvalue weighted by Gasteiger charge is 2.55. The van der Waals surface area contributed by atoms with Crippen LogP contribution in [0.15, 0.2) is 36.4 Å². The van der Waals surface area contributed by atoms with Crippen LogP contribution in [0.2, 0.25) is 5.02 Å². The van der Waals surface area contributed by atoms with Crippen LogP contribution in [-0.4, -0.2) is 17.8 Å². The summed E-state index contributed by atoms with van der Waals surface area (Å²) in [7, 11) is 0. The van der Waals surface area contributed by atoms with E-state index in [2.05, 4.69) is 6.07 Å². The fraction of sp³-hybridized carbons (Fsp3) is 0.381. The minimum atomic E-state index is -0.826. The summed E-state index contributed by atoms with van der Waals surface area (Å²) in [6, 6.07) is 11.6. The summed E-state index contributed by atoms with van der Waals surface area (Å²) in [5.74, 6) is -2.38. The maximum Gasteiger partial charge on any atom is 0.165 e. The fourth-order valence-electron chi connectivity index (χ4n) is 4.72. The highest BCUT2D eigenvalue weighted by atomic mass is 35.5. The second-order valence-corrected chi connectivity index (χ2v) is 7.81. The first-order valence-corrected chi connectivity index (χ1v) is 9.27. The van der Waals surface area contributed by atoms with Crippen molar-refractivity contribution in [3.63, 3.8) is 0 Å². The van der Waals surface area contributed by atoms with Crippen molar-refractivity contribution in [3.05, 3.63) is 64.2 Å². The molecule has 3 nitrogen and oxygen atoms in total. The summed E-state index contributed by atoms with van der Waals surface area (Å²) in [4.78, 5) is 0. The van der Waals surface area contributed by atoms with Crippen molar-refractivity contribution in [1.29, 1.82) is 5.26 Å². The molecule has 4 rings (SSSR count). The summed E-state index contributed by atoms with van der Waals surface area (Å²) in [5, 5.41) is 20.6. The quantitative estimate of drug-likeness (QED) is 0.828. The van der Waals surface area contributed by atoms with Gasteiger partial charge >= 0.3 is 0 Å². The van der Waals surface area contributed by atoms with Crippen LogP contribution in [0.5, 0.6) is 5.75 Å². The Morgan fingerprint density at radius 3 is 2.59 bits per heavy atom. The molecule has 2 aromatic rings. The Morgan fingerprint density at radius 1 is 1.19 bits per heavy atom. The number of ether oxygens (including phenoxy) is 1. The third kappa shape index (κ3) is 2.88. The van der Waals surface area contributed by atoms with Crippen LogP contribution in [0, 0.1) is 34.8 Å². The minimum Gasteiger partial charge on any atom is -0.490 e. The van der Waals surface area contributed by atoms with Gasteiger partial charge in [0.25, 0.3) is 0 Å². The molecule has 2 aromatic carbocycles. The Morgan fingerprint density at radius 2 is 1.89 bits per heavy atom. The van der Waals surface area contributed by atoms with E-state index < -0.39 is 35.0 Å². The van der Waals surface area contributed by atoms with E-state index in [1.54, 1.807) is 12.1 Å². The Labute approximate surface area is 161 Å². The average molecular weight is 390 g/mol. The molecule has 0 spiro atoms. The predicted octanol–water partition coefficient (Wildman–Crippen LogP) is 4.40. The molecule has 0 bridgehead atoms. The number of aliphatic hydroxyl groups excluding tert-OH is 1. The Hall–Kier alpha value is -2.16. The maximum atomic E-state index is 14.9. The summed E-state index contributed by atoms with van der Waals surface area (Å²) in [6.07, 6.45) is 0.394. The Balaban J connectivity index is 1.90. The summed E-state index contributed by atoms with van der Waals surface area (Å²) < 4.78 is 34.9. The van der Waals surface area contributed by atoms with Crippen LogP contribution in [-0.2, 0) is 11.8 Å². The first-order valence-electron chi connectivity index (χ1n) is 8.89. The molecule has 6 heteroatoms. The van der Waals surface area contributed by atoms with E-state index in [4.69, 9.17) is 16.3 Å². The van der Waals surface area contributed by atoms with Gasteiger partial charge in [-0.3, -0.25) is 0 Å². The molecule has 0 radical (unpaired) electrons. The van der Waals surface area contributed by atoms with Crippen molar-refractivity contribution in [2.24, 2.45) is 11.8 Å². The van der Waals surface area contributed by atoms with Crippen LogP contribution in [0.25, 0.3) is 0 Å². The molecule has 0 unspecified atom stereocenters. The first kappa shape index (κ1) is 18.2. The second kappa shape index (κ2) is 6.78. The zero-order chi connectivity index (χ0) is 19.2. The van der Waals surface area contributed by atoms with Crippen LogP contribution in [0.1, 0.15) is 24.0 Å². The summed E-state index contributed by atoms with van der Waals surface area (Å²) in [6.45, 7) is 0.0657. The van der Waals surface area contributed by atoms with Crippen molar-refractivity contribution in [2.45, 2.75) is 30.8 Å². The monoisotopic (exact) mass is 389 g/mol. The van der Waals surface area contributed by atoms with Crippen LogP contribution >= 0.6 is 11.6 Å². The molecule has 1 heterocycles. The number of aliphatic hydroxyl groups is 1. The topological polar surface area (TPSA) is 53.2 Å². The van der Waals surface area contributed by atoms with E-state index in [9.17, 15) is 19.1 Å². The lowest BCUT2D eigenvalue weighted by atomic mass is 9.55. The van der Waals surface area contributed by atoms with Crippen molar-refractivity contribution in [1.82, 2.24) is 0 Å². The molecular formula is C21H18ClF2NO2. The van der Waals surface area contributed by atoms with Gasteiger partial charge in [-0.05, 0) is 49.1 Å². The predicted molar refractivity (Wildman–Crippen MR) is 96.5 cm³/mol. The SMILES string of the molecule is N#C[C@@H]1[C@H](O)CC[C@@]2(Cc3ccc(Cl)cc3)c3c(F)ccc(F)c3OC[C@@H]12. The zero-order valence-corrected chi connectivity index (χ0v) is 15.2.